The summed E-state index contributed by atoms with van der Waals surface area (Å²) in [5.74, 6) is 0.832. The number of rotatable bonds is 8. The third-order valence-electron chi connectivity index (χ3n) is 3.55. The Morgan fingerprint density at radius 1 is 1.08 bits per heavy atom. The number of carbonyl (C=O) groups excluding carboxylic acids is 1. The predicted molar refractivity (Wildman–Crippen MR) is 96.7 cm³/mol. The summed E-state index contributed by atoms with van der Waals surface area (Å²) < 4.78 is 10.6. The molecule has 128 valence electrons. The van der Waals surface area contributed by atoms with E-state index in [1.807, 2.05) is 6.07 Å². The first-order valence-corrected chi connectivity index (χ1v) is 8.13. The van der Waals surface area contributed by atoms with E-state index in [1.54, 1.807) is 36.4 Å². The quantitative estimate of drug-likeness (QED) is 0.425. The van der Waals surface area contributed by atoms with Gasteiger partial charge in [-0.1, -0.05) is 19.8 Å². The van der Waals surface area contributed by atoms with E-state index < -0.39 is 5.97 Å². The van der Waals surface area contributed by atoms with Gasteiger partial charge in [-0.2, -0.15) is 0 Å². The first-order valence-electron chi connectivity index (χ1n) is 8.13. The molecule has 24 heavy (non-hydrogen) atoms. The molecule has 5 nitrogen and oxygen atoms in total. The van der Waals surface area contributed by atoms with E-state index in [0.29, 0.717) is 22.7 Å². The molecule has 0 radical (unpaired) electrons. The van der Waals surface area contributed by atoms with Crippen molar-refractivity contribution in [1.82, 2.24) is 0 Å². The van der Waals surface area contributed by atoms with Gasteiger partial charge in [0.25, 0.3) is 0 Å². The van der Waals surface area contributed by atoms with Gasteiger partial charge in [0.05, 0.1) is 12.7 Å². The smallest absolute Gasteiger partial charge is 0.338 e. The lowest BCUT2D eigenvalue weighted by atomic mass is 10.1. The van der Waals surface area contributed by atoms with Crippen LogP contribution in [0.1, 0.15) is 36.5 Å². The minimum absolute atomic E-state index is 0.394. The number of ether oxygens (including phenoxy) is 2. The number of carbonyl (C=O) groups is 1. The van der Waals surface area contributed by atoms with Gasteiger partial charge in [0.1, 0.15) is 11.5 Å². The fraction of sp³-hybridized carbons (Fsp3) is 0.316. The summed E-state index contributed by atoms with van der Waals surface area (Å²) >= 11 is 0. The van der Waals surface area contributed by atoms with Gasteiger partial charge >= 0.3 is 5.97 Å². The Bertz CT molecular complexity index is 669. The fourth-order valence-corrected chi connectivity index (χ4v) is 2.28. The second-order valence-electron chi connectivity index (χ2n) is 5.54. The number of benzene rings is 2. The number of hydrogen-bond donors (Lipinski definition) is 2. The summed E-state index contributed by atoms with van der Waals surface area (Å²) in [4.78, 5) is 11.9. The average Bonchev–Trinajstić information content (AvgIpc) is 2.60. The molecule has 0 amide bonds. The molecule has 0 atom stereocenters. The van der Waals surface area contributed by atoms with Crippen LogP contribution in [0.25, 0.3) is 0 Å². The van der Waals surface area contributed by atoms with Gasteiger partial charge in [0.15, 0.2) is 0 Å². The molecule has 0 aliphatic rings. The molecule has 0 heterocycles. The van der Waals surface area contributed by atoms with Crippen molar-refractivity contribution < 1.29 is 14.3 Å². The molecule has 3 N–H and O–H groups in total. The van der Waals surface area contributed by atoms with Crippen molar-refractivity contribution in [2.24, 2.45) is 0 Å². The van der Waals surface area contributed by atoms with Gasteiger partial charge in [0.2, 0.25) is 0 Å². The van der Waals surface area contributed by atoms with Crippen LogP contribution in [0.3, 0.4) is 0 Å². The van der Waals surface area contributed by atoms with Crippen LogP contribution >= 0.6 is 0 Å². The number of nitrogen functional groups attached to an aromatic ring is 1. The van der Waals surface area contributed by atoms with Crippen molar-refractivity contribution in [2.75, 3.05) is 24.7 Å². The maximum Gasteiger partial charge on any atom is 0.338 e. The molecule has 0 aromatic heterocycles. The molecule has 0 spiro atoms. The van der Waals surface area contributed by atoms with Crippen LogP contribution < -0.4 is 15.8 Å². The van der Waals surface area contributed by atoms with Crippen molar-refractivity contribution in [3.05, 3.63) is 48.0 Å². The number of methoxy groups -OCH3 is 1. The Labute approximate surface area is 142 Å². The van der Waals surface area contributed by atoms with Crippen molar-refractivity contribution >= 4 is 17.3 Å². The minimum Gasteiger partial charge on any atom is -0.465 e. The maximum atomic E-state index is 11.9. The Hall–Kier alpha value is -2.69. The van der Waals surface area contributed by atoms with E-state index in [9.17, 15) is 4.79 Å². The van der Waals surface area contributed by atoms with Crippen molar-refractivity contribution in [3.63, 3.8) is 0 Å². The molecule has 0 aliphatic heterocycles. The van der Waals surface area contributed by atoms with Crippen LogP contribution in [0.4, 0.5) is 11.4 Å². The van der Waals surface area contributed by atoms with Gasteiger partial charge in [-0.15, -0.1) is 0 Å². The topological polar surface area (TPSA) is 73.6 Å². The lowest BCUT2D eigenvalue weighted by molar-refractivity contribution is 0.0600. The lowest BCUT2D eigenvalue weighted by Crippen LogP contribution is -2.05. The number of nitrogens with one attached hydrogen (secondary N) is 1. The maximum absolute atomic E-state index is 11.9. The van der Waals surface area contributed by atoms with Gasteiger partial charge in [-0.3, -0.25) is 0 Å². The summed E-state index contributed by atoms with van der Waals surface area (Å²) in [5, 5.41) is 3.33. The normalized spacial score (nSPS) is 10.2. The largest absolute Gasteiger partial charge is 0.465 e. The lowest BCUT2D eigenvalue weighted by Gasteiger charge is -2.12. The molecular formula is C19H24N2O3. The SMILES string of the molecule is CCCCCNc1cc(Oc2ccc(N)cc2)cc(C(=O)OC)c1. The Balaban J connectivity index is 2.18. The Morgan fingerprint density at radius 3 is 2.50 bits per heavy atom. The second-order valence-corrected chi connectivity index (χ2v) is 5.54. The average molecular weight is 328 g/mol. The van der Waals surface area contributed by atoms with E-state index in [2.05, 4.69) is 12.2 Å². The molecular weight excluding hydrogens is 304 g/mol. The van der Waals surface area contributed by atoms with E-state index in [4.69, 9.17) is 15.2 Å². The number of nitrogens with two attached hydrogens (primary N) is 1. The van der Waals surface area contributed by atoms with E-state index in [0.717, 1.165) is 25.1 Å². The highest BCUT2D eigenvalue weighted by Gasteiger charge is 2.10. The standard InChI is InChI=1S/C19H24N2O3/c1-3-4-5-10-21-16-11-14(19(22)23-2)12-18(13-16)24-17-8-6-15(20)7-9-17/h6-9,11-13,21H,3-5,10,20H2,1-2H3. The number of unbranched alkanes of at least 4 members (excludes halogenated alkanes) is 2. The molecule has 0 unspecified atom stereocenters. The summed E-state index contributed by atoms with van der Waals surface area (Å²) in [6, 6.07) is 12.4. The van der Waals surface area contributed by atoms with Crippen LogP contribution in [0.2, 0.25) is 0 Å². The first-order chi connectivity index (χ1) is 11.6. The highest BCUT2D eigenvalue weighted by molar-refractivity contribution is 5.91. The zero-order valence-electron chi connectivity index (χ0n) is 14.2. The summed E-state index contributed by atoms with van der Waals surface area (Å²) in [7, 11) is 1.37. The minimum atomic E-state index is -0.394. The fourth-order valence-electron chi connectivity index (χ4n) is 2.28. The van der Waals surface area contributed by atoms with Crippen LogP contribution in [0, 0.1) is 0 Å². The number of hydrogen-bond acceptors (Lipinski definition) is 5. The second kappa shape index (κ2) is 8.82. The zero-order valence-corrected chi connectivity index (χ0v) is 14.2. The molecule has 2 aromatic carbocycles. The van der Waals surface area contributed by atoms with Crippen molar-refractivity contribution in [3.8, 4) is 11.5 Å². The van der Waals surface area contributed by atoms with Crippen LogP contribution in [-0.2, 0) is 4.74 Å². The molecule has 0 aliphatic carbocycles. The molecule has 2 rings (SSSR count). The Kier molecular flexibility index (Phi) is 6.49. The van der Waals surface area contributed by atoms with Gasteiger partial charge in [0, 0.05) is 24.0 Å². The van der Waals surface area contributed by atoms with Crippen molar-refractivity contribution in [1.29, 1.82) is 0 Å². The van der Waals surface area contributed by atoms with Crippen LogP contribution in [0.5, 0.6) is 11.5 Å². The van der Waals surface area contributed by atoms with Gasteiger partial charge in [-0.25, -0.2) is 4.79 Å². The van der Waals surface area contributed by atoms with E-state index >= 15 is 0 Å². The third kappa shape index (κ3) is 5.19. The van der Waals surface area contributed by atoms with Gasteiger partial charge < -0.3 is 20.5 Å². The molecule has 2 aromatic rings. The zero-order chi connectivity index (χ0) is 17.4. The predicted octanol–water partition coefficient (Wildman–Crippen LogP) is 4.45. The van der Waals surface area contributed by atoms with E-state index in [1.165, 1.54) is 13.5 Å². The molecule has 0 fully saturated rings. The summed E-state index contributed by atoms with van der Waals surface area (Å²) in [5.41, 5.74) is 7.63. The van der Waals surface area contributed by atoms with Gasteiger partial charge in [-0.05, 0) is 42.8 Å². The first kappa shape index (κ1) is 17.7. The monoisotopic (exact) mass is 328 g/mol. The summed E-state index contributed by atoms with van der Waals surface area (Å²) in [6.45, 7) is 3.01. The number of anilines is 2. The third-order valence-corrected chi connectivity index (χ3v) is 3.55. The molecule has 0 saturated heterocycles. The molecule has 0 bridgehead atoms. The highest BCUT2D eigenvalue weighted by atomic mass is 16.5. The molecule has 0 saturated carbocycles. The highest BCUT2D eigenvalue weighted by Crippen LogP contribution is 2.27. The van der Waals surface area contributed by atoms with E-state index in [-0.39, 0.29) is 0 Å². The van der Waals surface area contributed by atoms with Crippen LogP contribution in [0.15, 0.2) is 42.5 Å². The Morgan fingerprint density at radius 2 is 1.83 bits per heavy atom. The van der Waals surface area contributed by atoms with Crippen molar-refractivity contribution in [2.45, 2.75) is 26.2 Å². The number of esters is 1. The van der Waals surface area contributed by atoms with Crippen LogP contribution in [-0.4, -0.2) is 19.6 Å². The molecule has 5 heteroatoms. The summed E-state index contributed by atoms with van der Waals surface area (Å²) in [6.07, 6.45) is 3.40.